The summed E-state index contributed by atoms with van der Waals surface area (Å²) in [5.74, 6) is 0.537. The molecule has 1 aromatic carbocycles. The first-order valence-electron chi connectivity index (χ1n) is 11.9. The lowest BCUT2D eigenvalue weighted by molar-refractivity contribution is -0.0605. The highest BCUT2D eigenvalue weighted by Gasteiger charge is 2.28. The number of benzene rings is 1. The molecule has 0 fully saturated rings. The molecule has 0 saturated carbocycles. The first kappa shape index (κ1) is 25.1. The average molecular weight is 393 g/mol. The molecule has 0 saturated heterocycles. The van der Waals surface area contributed by atoms with Crippen molar-refractivity contribution >= 4 is 0 Å². The second-order valence-corrected chi connectivity index (χ2v) is 8.87. The predicted octanol–water partition coefficient (Wildman–Crippen LogP) is 8.50. The van der Waals surface area contributed by atoms with Gasteiger partial charge < -0.3 is 4.74 Å². The van der Waals surface area contributed by atoms with Crippen LogP contribution in [-0.2, 0) is 11.2 Å². The van der Waals surface area contributed by atoms with E-state index in [1.54, 1.807) is 6.07 Å². The fourth-order valence-electron chi connectivity index (χ4n) is 4.27. The zero-order chi connectivity index (χ0) is 20.7. The summed E-state index contributed by atoms with van der Waals surface area (Å²) in [7, 11) is 0. The van der Waals surface area contributed by atoms with Crippen molar-refractivity contribution in [3.8, 4) is 0 Å². The molecule has 1 nitrogen and oxygen atoms in total. The molecule has 1 atom stereocenters. The molecule has 0 aliphatic carbocycles. The van der Waals surface area contributed by atoms with Gasteiger partial charge in [-0.2, -0.15) is 0 Å². The molecule has 1 aromatic rings. The average Bonchev–Trinajstić information content (AvgIpc) is 2.65. The maximum absolute atomic E-state index is 13.2. The van der Waals surface area contributed by atoms with Crippen molar-refractivity contribution in [3.63, 3.8) is 0 Å². The van der Waals surface area contributed by atoms with E-state index >= 15 is 0 Å². The fourth-order valence-corrected chi connectivity index (χ4v) is 4.27. The SMILES string of the molecule is CCCCCCCCC(CCCCCCc1cccc(F)c1)C(C)(C)OCC. The van der Waals surface area contributed by atoms with Crippen LogP contribution < -0.4 is 0 Å². The van der Waals surface area contributed by atoms with Crippen LogP contribution in [-0.4, -0.2) is 12.2 Å². The van der Waals surface area contributed by atoms with E-state index in [9.17, 15) is 4.39 Å². The van der Waals surface area contributed by atoms with Gasteiger partial charge in [0.2, 0.25) is 0 Å². The fraction of sp³-hybridized carbons (Fsp3) is 0.769. The summed E-state index contributed by atoms with van der Waals surface area (Å²) in [6.45, 7) is 9.74. The predicted molar refractivity (Wildman–Crippen MR) is 120 cm³/mol. The van der Waals surface area contributed by atoms with Crippen molar-refractivity contribution in [1.82, 2.24) is 0 Å². The minimum Gasteiger partial charge on any atom is -0.376 e. The van der Waals surface area contributed by atoms with E-state index < -0.39 is 0 Å². The largest absolute Gasteiger partial charge is 0.376 e. The molecule has 28 heavy (non-hydrogen) atoms. The normalized spacial score (nSPS) is 13.0. The Bertz CT molecular complexity index is 497. The van der Waals surface area contributed by atoms with Gasteiger partial charge in [0, 0.05) is 6.61 Å². The first-order valence-corrected chi connectivity index (χ1v) is 11.9. The van der Waals surface area contributed by atoms with Crippen LogP contribution in [0.2, 0.25) is 0 Å². The standard InChI is InChI=1S/C26H45FO/c1-5-7-8-9-10-14-19-24(26(3,4)28-6-2)20-15-12-11-13-17-23-18-16-21-25(27)22-23/h16,18,21-22,24H,5-15,17,19-20H2,1-4H3. The van der Waals surface area contributed by atoms with E-state index in [0.717, 1.165) is 25.0 Å². The zero-order valence-electron chi connectivity index (χ0n) is 19.1. The number of rotatable bonds is 17. The number of unbranched alkanes of at least 4 members (excludes halogenated alkanes) is 8. The summed E-state index contributed by atoms with van der Waals surface area (Å²) in [4.78, 5) is 0. The van der Waals surface area contributed by atoms with Gasteiger partial charge in [-0.1, -0.05) is 76.8 Å². The van der Waals surface area contributed by atoms with Gasteiger partial charge in [-0.25, -0.2) is 4.39 Å². The third-order valence-corrected chi connectivity index (χ3v) is 6.06. The van der Waals surface area contributed by atoms with Gasteiger partial charge in [-0.15, -0.1) is 0 Å². The van der Waals surface area contributed by atoms with E-state index in [0.29, 0.717) is 5.92 Å². The lowest BCUT2D eigenvalue weighted by atomic mass is 9.82. The molecule has 0 heterocycles. The number of hydrogen-bond acceptors (Lipinski definition) is 1. The third-order valence-electron chi connectivity index (χ3n) is 6.06. The van der Waals surface area contributed by atoms with Gasteiger partial charge in [0.25, 0.3) is 0 Å². The molecule has 0 bridgehead atoms. The van der Waals surface area contributed by atoms with Crippen LogP contribution in [0.3, 0.4) is 0 Å². The van der Waals surface area contributed by atoms with Gasteiger partial charge >= 0.3 is 0 Å². The topological polar surface area (TPSA) is 9.23 Å². The summed E-state index contributed by atoms with van der Waals surface area (Å²) in [5, 5.41) is 0. The van der Waals surface area contributed by atoms with Crippen LogP contribution in [0.1, 0.15) is 110 Å². The van der Waals surface area contributed by atoms with E-state index in [2.05, 4.69) is 27.7 Å². The van der Waals surface area contributed by atoms with E-state index in [1.165, 1.54) is 76.7 Å². The highest BCUT2D eigenvalue weighted by molar-refractivity contribution is 5.16. The van der Waals surface area contributed by atoms with E-state index in [-0.39, 0.29) is 11.4 Å². The molecule has 0 aromatic heterocycles. The highest BCUT2D eigenvalue weighted by Crippen LogP contribution is 2.31. The van der Waals surface area contributed by atoms with Crippen molar-refractivity contribution in [3.05, 3.63) is 35.6 Å². The van der Waals surface area contributed by atoms with Gasteiger partial charge in [0.05, 0.1) is 5.60 Å². The summed E-state index contributed by atoms with van der Waals surface area (Å²) >= 11 is 0. The Balaban J connectivity index is 2.27. The number of aryl methyl sites for hydroxylation is 1. The van der Waals surface area contributed by atoms with Crippen LogP contribution in [0.25, 0.3) is 0 Å². The van der Waals surface area contributed by atoms with Crippen LogP contribution in [0, 0.1) is 11.7 Å². The first-order chi connectivity index (χ1) is 13.5. The zero-order valence-corrected chi connectivity index (χ0v) is 19.1. The Morgan fingerprint density at radius 1 is 0.857 bits per heavy atom. The molecule has 0 spiro atoms. The van der Waals surface area contributed by atoms with Crippen molar-refractivity contribution < 1.29 is 9.13 Å². The Kier molecular flexibility index (Phi) is 13.5. The molecule has 0 aliphatic heterocycles. The van der Waals surface area contributed by atoms with Crippen LogP contribution in [0.5, 0.6) is 0 Å². The van der Waals surface area contributed by atoms with Gasteiger partial charge in [0.1, 0.15) is 5.82 Å². The van der Waals surface area contributed by atoms with Gasteiger partial charge in [0.15, 0.2) is 0 Å². The number of ether oxygens (including phenoxy) is 1. The Labute approximate surface area is 174 Å². The molecule has 1 rings (SSSR count). The maximum Gasteiger partial charge on any atom is 0.123 e. The van der Waals surface area contributed by atoms with Crippen molar-refractivity contribution in [2.75, 3.05) is 6.61 Å². The van der Waals surface area contributed by atoms with Gasteiger partial charge in [-0.05, 0) is 70.1 Å². The molecule has 1 unspecified atom stereocenters. The second kappa shape index (κ2) is 15.0. The second-order valence-electron chi connectivity index (χ2n) is 8.87. The molecule has 2 heteroatoms. The Morgan fingerprint density at radius 3 is 2.07 bits per heavy atom. The molecular formula is C26H45FO. The lowest BCUT2D eigenvalue weighted by Gasteiger charge is -2.34. The molecule has 0 radical (unpaired) electrons. The number of hydrogen-bond donors (Lipinski definition) is 0. The molecule has 162 valence electrons. The monoisotopic (exact) mass is 392 g/mol. The summed E-state index contributed by atoms with van der Waals surface area (Å²) in [5.41, 5.74) is 1.11. The van der Waals surface area contributed by atoms with E-state index in [1.807, 2.05) is 12.1 Å². The molecular weight excluding hydrogens is 347 g/mol. The third kappa shape index (κ3) is 11.2. The van der Waals surface area contributed by atoms with Crippen molar-refractivity contribution in [2.24, 2.45) is 5.92 Å². The van der Waals surface area contributed by atoms with E-state index in [4.69, 9.17) is 4.74 Å². The quantitative estimate of drug-likeness (QED) is 0.241. The molecule has 0 N–H and O–H groups in total. The lowest BCUT2D eigenvalue weighted by Crippen LogP contribution is -2.34. The van der Waals surface area contributed by atoms with Crippen molar-refractivity contribution in [2.45, 2.75) is 117 Å². The maximum atomic E-state index is 13.2. The number of halogens is 1. The highest BCUT2D eigenvalue weighted by atomic mass is 19.1. The van der Waals surface area contributed by atoms with Gasteiger partial charge in [-0.3, -0.25) is 0 Å². The Morgan fingerprint density at radius 2 is 1.46 bits per heavy atom. The Hall–Kier alpha value is -0.890. The minimum atomic E-state index is -0.117. The summed E-state index contributed by atoms with van der Waals surface area (Å²) in [6, 6.07) is 7.03. The van der Waals surface area contributed by atoms with Crippen LogP contribution >= 0.6 is 0 Å². The summed E-state index contributed by atoms with van der Waals surface area (Å²) in [6.07, 6.45) is 16.7. The summed E-state index contributed by atoms with van der Waals surface area (Å²) < 4.78 is 19.3. The van der Waals surface area contributed by atoms with Crippen molar-refractivity contribution in [1.29, 1.82) is 0 Å². The smallest absolute Gasteiger partial charge is 0.123 e. The molecule has 0 aliphatic rings. The molecule has 0 amide bonds. The van der Waals surface area contributed by atoms with Crippen LogP contribution in [0.15, 0.2) is 24.3 Å². The minimum absolute atomic E-state index is 0.0142. The van der Waals surface area contributed by atoms with Crippen LogP contribution in [0.4, 0.5) is 4.39 Å².